The van der Waals surface area contributed by atoms with Gasteiger partial charge in [-0.05, 0) is 93.3 Å². The third-order valence-electron chi connectivity index (χ3n) is 11.1. The molecule has 62 heavy (non-hydrogen) atoms. The Bertz CT molecular complexity index is 2580. The number of carbonyl (C=O) groups is 2. The molecule has 17 heteroatoms. The third kappa shape index (κ3) is 9.77. The molecule has 2 saturated carbocycles. The number of nitrogens with zero attached hydrogens (tertiary/aromatic N) is 4. The Hall–Kier alpha value is -6.23. The van der Waals surface area contributed by atoms with Crippen molar-refractivity contribution in [1.29, 1.82) is 0 Å². The van der Waals surface area contributed by atoms with Crippen LogP contribution in [-0.4, -0.2) is 77.0 Å². The van der Waals surface area contributed by atoms with Gasteiger partial charge in [0.1, 0.15) is 63.6 Å². The third-order valence-corrected chi connectivity index (χ3v) is 11.1. The van der Waals surface area contributed by atoms with Gasteiger partial charge in [-0.25, -0.2) is 14.4 Å². The Morgan fingerprint density at radius 2 is 1.21 bits per heavy atom. The van der Waals surface area contributed by atoms with E-state index in [0.717, 1.165) is 45.1 Å². The summed E-state index contributed by atoms with van der Waals surface area (Å²) in [5, 5.41) is 3.40. The van der Waals surface area contributed by atoms with Crippen LogP contribution >= 0.6 is 0 Å². The van der Waals surface area contributed by atoms with Crippen molar-refractivity contribution in [2.24, 2.45) is 11.8 Å². The summed E-state index contributed by atoms with van der Waals surface area (Å²) in [7, 11) is 2.78. The number of nitrogens with one attached hydrogen (secondary N) is 1. The summed E-state index contributed by atoms with van der Waals surface area (Å²) in [4.78, 5) is 34.1. The molecular formula is C45H44F5N5O7. The second-order valence-electron chi connectivity index (χ2n) is 15.6. The first-order valence-electron chi connectivity index (χ1n) is 20.3. The Morgan fingerprint density at radius 3 is 1.68 bits per heavy atom. The number of imidazole rings is 2. The van der Waals surface area contributed by atoms with Gasteiger partial charge in [0.15, 0.2) is 11.6 Å². The van der Waals surface area contributed by atoms with Gasteiger partial charge < -0.3 is 29.0 Å². The van der Waals surface area contributed by atoms with Crippen molar-refractivity contribution in [3.63, 3.8) is 0 Å². The minimum absolute atomic E-state index is 0.0123. The van der Waals surface area contributed by atoms with Crippen molar-refractivity contribution < 1.29 is 55.2 Å². The van der Waals surface area contributed by atoms with E-state index in [1.807, 2.05) is 22.7 Å². The summed E-state index contributed by atoms with van der Waals surface area (Å²) in [6.07, 6.45) is 13.1. The van der Waals surface area contributed by atoms with Crippen LogP contribution in [-0.2, 0) is 0 Å². The highest BCUT2D eigenvalue weighted by Crippen LogP contribution is 2.42. The monoisotopic (exact) mass is 861 g/mol. The zero-order valence-electron chi connectivity index (χ0n) is 33.9. The van der Waals surface area contributed by atoms with Gasteiger partial charge in [-0.3, -0.25) is 18.4 Å². The number of Topliss-reactive ketones (excluding diaryl/α,β-unsaturated/α-hetero) is 2. The van der Waals surface area contributed by atoms with E-state index in [-0.39, 0.29) is 58.0 Å². The summed E-state index contributed by atoms with van der Waals surface area (Å²) in [5.74, 6) is 0.235. The van der Waals surface area contributed by atoms with Gasteiger partial charge in [0.2, 0.25) is 0 Å². The molecule has 1 unspecified atom stereocenters. The molecule has 3 aliphatic rings. The number of rotatable bonds is 17. The molecule has 9 rings (SSSR count). The number of aromatic nitrogens is 4. The smallest absolute Gasteiger partial charge is 0.387 e. The number of methoxy groups -OCH3 is 2. The molecule has 3 fully saturated rings. The quantitative estimate of drug-likeness (QED) is 0.0700. The van der Waals surface area contributed by atoms with Gasteiger partial charge in [-0.1, -0.05) is 0 Å². The van der Waals surface area contributed by atoms with Crippen molar-refractivity contribution in [3.05, 3.63) is 90.3 Å². The van der Waals surface area contributed by atoms with Crippen LogP contribution in [0.5, 0.6) is 28.7 Å². The lowest BCUT2D eigenvalue weighted by Gasteiger charge is -2.16. The number of fused-ring (bicyclic) bond motifs is 2. The fourth-order valence-electron chi connectivity index (χ4n) is 7.63. The molecule has 0 bridgehead atoms. The molecule has 2 aliphatic carbocycles. The molecule has 1 N–H and O–H groups in total. The van der Waals surface area contributed by atoms with Crippen molar-refractivity contribution >= 4 is 22.9 Å². The largest absolute Gasteiger partial charge is 0.496 e. The van der Waals surface area contributed by atoms with E-state index in [0.29, 0.717) is 64.5 Å². The SMILES string of the molecule is COc1cc(-c2cnc3cc(F)ccn23)cc(OC(F)F)c1C(=O)CC1CC1.COc1cc(-c2cnc3cc(OCC4CCCN4)ccn23)cc(OC(F)F)c1C(=O)CC1CC1. The van der Waals surface area contributed by atoms with E-state index in [1.54, 1.807) is 22.7 Å². The molecule has 326 valence electrons. The fourth-order valence-corrected chi connectivity index (χ4v) is 7.63. The normalized spacial score (nSPS) is 16.1. The highest BCUT2D eigenvalue weighted by atomic mass is 19.3. The summed E-state index contributed by atoms with van der Waals surface area (Å²) in [6.45, 7) is -4.55. The molecule has 0 spiro atoms. The summed E-state index contributed by atoms with van der Waals surface area (Å²) < 4.78 is 95.4. The number of hydrogen-bond donors (Lipinski definition) is 1. The van der Waals surface area contributed by atoms with Crippen molar-refractivity contribution in [1.82, 2.24) is 24.1 Å². The van der Waals surface area contributed by atoms with Gasteiger partial charge in [-0.2, -0.15) is 17.6 Å². The van der Waals surface area contributed by atoms with Gasteiger partial charge >= 0.3 is 13.2 Å². The molecule has 1 aliphatic heterocycles. The van der Waals surface area contributed by atoms with Crippen molar-refractivity contribution in [2.75, 3.05) is 27.4 Å². The molecule has 6 aromatic rings. The number of benzene rings is 2. The maximum absolute atomic E-state index is 13.4. The predicted octanol–water partition coefficient (Wildman–Crippen LogP) is 9.46. The van der Waals surface area contributed by atoms with Gasteiger partial charge in [0, 0.05) is 54.5 Å². The average molecular weight is 862 g/mol. The first kappa shape index (κ1) is 42.5. The van der Waals surface area contributed by atoms with E-state index in [1.165, 1.54) is 50.9 Å². The minimum atomic E-state index is -3.09. The van der Waals surface area contributed by atoms with E-state index in [2.05, 4.69) is 20.0 Å². The summed E-state index contributed by atoms with van der Waals surface area (Å²) in [6, 6.07) is 12.6. The first-order chi connectivity index (χ1) is 30.0. The first-order valence-corrected chi connectivity index (χ1v) is 20.3. The Kier molecular flexibility index (Phi) is 12.6. The van der Waals surface area contributed by atoms with E-state index >= 15 is 0 Å². The number of ether oxygens (including phenoxy) is 5. The molecule has 1 saturated heterocycles. The van der Waals surface area contributed by atoms with E-state index in [9.17, 15) is 31.5 Å². The van der Waals surface area contributed by atoms with Crippen molar-refractivity contribution in [3.8, 4) is 51.3 Å². The maximum Gasteiger partial charge on any atom is 0.387 e. The second kappa shape index (κ2) is 18.4. The Morgan fingerprint density at radius 1 is 0.710 bits per heavy atom. The minimum Gasteiger partial charge on any atom is -0.496 e. The molecule has 5 heterocycles. The van der Waals surface area contributed by atoms with Gasteiger partial charge in [0.05, 0.1) is 38.0 Å². The van der Waals surface area contributed by atoms with Crippen LogP contribution in [0, 0.1) is 17.7 Å². The van der Waals surface area contributed by atoms with Crippen molar-refractivity contribution in [2.45, 2.75) is 70.6 Å². The summed E-state index contributed by atoms with van der Waals surface area (Å²) in [5.41, 5.74) is 3.25. The molecular weight excluding hydrogens is 818 g/mol. The highest BCUT2D eigenvalue weighted by Gasteiger charge is 2.31. The zero-order chi connectivity index (χ0) is 43.5. The number of alkyl halides is 4. The number of halogens is 5. The number of pyridine rings is 2. The average Bonchev–Trinajstić information content (AvgIpc) is 4.07. The van der Waals surface area contributed by atoms with Crippen LogP contribution in [0.4, 0.5) is 22.0 Å². The van der Waals surface area contributed by atoms with Crippen LogP contribution in [0.1, 0.15) is 72.1 Å². The van der Waals surface area contributed by atoms with Crippen LogP contribution in [0.25, 0.3) is 33.8 Å². The van der Waals surface area contributed by atoms with Crippen LogP contribution in [0.3, 0.4) is 0 Å². The Balaban J connectivity index is 0.000000174. The highest BCUT2D eigenvalue weighted by molar-refractivity contribution is 6.03. The number of hydrogen-bond acceptors (Lipinski definition) is 10. The second-order valence-corrected chi connectivity index (χ2v) is 15.6. The van der Waals surface area contributed by atoms with E-state index < -0.39 is 19.0 Å². The fraction of sp³-hybridized carbons (Fsp3) is 0.378. The van der Waals surface area contributed by atoms with Gasteiger partial charge in [0.25, 0.3) is 0 Å². The molecule has 12 nitrogen and oxygen atoms in total. The Labute approximate surface area is 352 Å². The lowest BCUT2D eigenvalue weighted by Crippen LogP contribution is -2.28. The molecule has 1 atom stereocenters. The summed E-state index contributed by atoms with van der Waals surface area (Å²) >= 11 is 0. The van der Waals surface area contributed by atoms with Crippen LogP contribution < -0.4 is 29.0 Å². The number of ketones is 2. The van der Waals surface area contributed by atoms with Crippen LogP contribution in [0.2, 0.25) is 0 Å². The number of carbonyl (C=O) groups excluding carboxylic acids is 2. The predicted molar refractivity (Wildman–Crippen MR) is 217 cm³/mol. The molecule has 2 aromatic carbocycles. The lowest BCUT2D eigenvalue weighted by atomic mass is 10.00. The zero-order valence-corrected chi connectivity index (χ0v) is 33.9. The molecule has 0 amide bonds. The topological polar surface area (TPSA) is 127 Å². The molecule has 4 aromatic heterocycles. The van der Waals surface area contributed by atoms with Crippen LogP contribution in [0.15, 0.2) is 73.3 Å². The van der Waals surface area contributed by atoms with E-state index in [4.69, 9.17) is 18.9 Å². The van der Waals surface area contributed by atoms with Gasteiger partial charge in [-0.15, -0.1) is 0 Å². The molecule has 0 radical (unpaired) electrons. The standard InChI is InChI=1S/C25H27F2N3O4.C20H17F3N2O3/c1-32-21-10-16(11-22(34-25(26)27)24(21)20(31)9-15-4-5-15)19-13-29-23-12-18(6-8-30(19)23)33-14-17-3-2-7-28-17;1-27-16-7-12(14-10-24-18-9-13(21)4-5-25(14)18)8-17(28-20(22)23)19(16)15(26)6-11-2-3-11/h6,8,10-13,15,17,25,28H,2-5,7,9,14H2,1H3;4-5,7-11,20H,2-3,6H2,1H3. The lowest BCUT2D eigenvalue weighted by molar-refractivity contribution is -0.0509. The maximum atomic E-state index is 13.4.